The molecule has 6 nitrogen and oxygen atoms in total. The Morgan fingerprint density at radius 2 is 1.69 bits per heavy atom. The minimum atomic E-state index is 0.697. The van der Waals surface area contributed by atoms with Crippen LogP contribution in [0.3, 0.4) is 0 Å². The Balaban J connectivity index is 1.70. The zero-order valence-electron chi connectivity index (χ0n) is 14.7. The molecule has 134 valence electrons. The average Bonchev–Trinajstić information content (AvgIpc) is 3.16. The largest absolute Gasteiger partial charge is 0.497 e. The third-order valence-corrected chi connectivity index (χ3v) is 4.43. The lowest BCUT2D eigenvalue weighted by Gasteiger charge is -2.08. The topological polar surface area (TPSA) is 65.0 Å². The van der Waals surface area contributed by atoms with E-state index in [4.69, 9.17) is 14.2 Å². The maximum atomic E-state index is 5.43. The molecule has 0 aliphatic heterocycles. The molecule has 0 unspecified atom stereocenters. The van der Waals surface area contributed by atoms with Crippen LogP contribution in [-0.2, 0) is 0 Å². The van der Waals surface area contributed by atoms with Crippen LogP contribution in [-0.4, -0.2) is 32.5 Å². The van der Waals surface area contributed by atoms with Crippen LogP contribution in [0.25, 0.3) is 11.3 Å². The second-order valence-electron chi connectivity index (χ2n) is 5.25. The predicted octanol–water partition coefficient (Wildman–Crippen LogP) is 4.28. The van der Waals surface area contributed by atoms with Crippen LogP contribution in [0, 0.1) is 0 Å². The smallest absolute Gasteiger partial charge is 0.203 e. The summed E-state index contributed by atoms with van der Waals surface area (Å²) in [7, 11) is 4.89. The van der Waals surface area contributed by atoms with Crippen molar-refractivity contribution in [2.24, 2.45) is 5.10 Å². The van der Waals surface area contributed by atoms with E-state index in [0.29, 0.717) is 10.9 Å². The molecule has 0 atom stereocenters. The normalized spacial score (nSPS) is 10.7. The molecule has 3 rings (SSSR count). The molecule has 0 amide bonds. The van der Waals surface area contributed by atoms with Gasteiger partial charge in [-0.1, -0.05) is 0 Å². The predicted molar refractivity (Wildman–Crippen MR) is 105 cm³/mol. The summed E-state index contributed by atoms with van der Waals surface area (Å²) in [5.41, 5.74) is 5.63. The maximum absolute atomic E-state index is 5.43. The summed E-state index contributed by atoms with van der Waals surface area (Å²) >= 11 is 1.47. The van der Waals surface area contributed by atoms with Crippen molar-refractivity contribution in [3.05, 3.63) is 53.4 Å². The van der Waals surface area contributed by atoms with E-state index in [1.54, 1.807) is 27.5 Å². The van der Waals surface area contributed by atoms with Crippen LogP contribution in [0.1, 0.15) is 5.56 Å². The number of hydrogen-bond donors (Lipinski definition) is 1. The first kappa shape index (κ1) is 17.8. The lowest BCUT2D eigenvalue weighted by molar-refractivity contribution is 0.395. The third-order valence-electron chi connectivity index (χ3n) is 3.68. The van der Waals surface area contributed by atoms with Crippen LogP contribution in [0.2, 0.25) is 0 Å². The SMILES string of the molecule is COc1ccc(/C=N\Nc2nc(-c3ccc(OC)cc3OC)cs2)cc1. The van der Waals surface area contributed by atoms with Gasteiger partial charge in [0.1, 0.15) is 17.2 Å². The zero-order valence-corrected chi connectivity index (χ0v) is 15.5. The quantitative estimate of drug-likeness (QED) is 0.497. The van der Waals surface area contributed by atoms with Crippen molar-refractivity contribution in [1.82, 2.24) is 4.98 Å². The van der Waals surface area contributed by atoms with Gasteiger partial charge < -0.3 is 14.2 Å². The van der Waals surface area contributed by atoms with Gasteiger partial charge in [0, 0.05) is 17.0 Å². The zero-order chi connectivity index (χ0) is 18.4. The molecule has 0 bridgehead atoms. The summed E-state index contributed by atoms with van der Waals surface area (Å²) in [5, 5.41) is 6.88. The highest BCUT2D eigenvalue weighted by atomic mass is 32.1. The van der Waals surface area contributed by atoms with Gasteiger partial charge in [0.05, 0.1) is 33.2 Å². The number of aromatic nitrogens is 1. The molecule has 0 fully saturated rings. The molecule has 0 aliphatic carbocycles. The van der Waals surface area contributed by atoms with Crippen molar-refractivity contribution in [1.29, 1.82) is 0 Å². The summed E-state index contributed by atoms with van der Waals surface area (Å²) in [5.74, 6) is 2.26. The summed E-state index contributed by atoms with van der Waals surface area (Å²) in [6.07, 6.45) is 1.73. The van der Waals surface area contributed by atoms with Crippen molar-refractivity contribution in [3.8, 4) is 28.5 Å². The van der Waals surface area contributed by atoms with Crippen molar-refractivity contribution < 1.29 is 14.2 Å². The lowest BCUT2D eigenvalue weighted by atomic mass is 10.1. The minimum absolute atomic E-state index is 0.697. The number of benzene rings is 2. The summed E-state index contributed by atoms with van der Waals surface area (Å²) in [6, 6.07) is 13.3. The Morgan fingerprint density at radius 3 is 2.38 bits per heavy atom. The number of rotatable bonds is 7. The Hall–Kier alpha value is -3.06. The number of methoxy groups -OCH3 is 3. The molecule has 1 heterocycles. The Morgan fingerprint density at radius 1 is 0.962 bits per heavy atom. The van der Waals surface area contributed by atoms with Gasteiger partial charge in [0.15, 0.2) is 0 Å². The molecule has 3 aromatic rings. The second-order valence-corrected chi connectivity index (χ2v) is 6.11. The molecule has 0 aliphatic rings. The van der Waals surface area contributed by atoms with Crippen molar-refractivity contribution in [3.63, 3.8) is 0 Å². The number of hydrazone groups is 1. The van der Waals surface area contributed by atoms with Crippen molar-refractivity contribution in [2.75, 3.05) is 26.8 Å². The van der Waals surface area contributed by atoms with E-state index >= 15 is 0 Å². The van der Waals surface area contributed by atoms with Crippen molar-refractivity contribution >= 4 is 22.7 Å². The van der Waals surface area contributed by atoms with E-state index in [1.165, 1.54) is 11.3 Å². The molecule has 0 spiro atoms. The standard InChI is InChI=1S/C19H19N3O3S/c1-23-14-6-4-13(5-7-14)11-20-22-19-21-17(12-26-19)16-9-8-15(24-2)10-18(16)25-3/h4-12H,1-3H3,(H,21,22)/b20-11-. The number of ether oxygens (including phenoxy) is 3. The first-order valence-corrected chi connectivity index (χ1v) is 8.72. The highest BCUT2D eigenvalue weighted by molar-refractivity contribution is 7.14. The minimum Gasteiger partial charge on any atom is -0.497 e. The first-order chi connectivity index (χ1) is 12.7. The molecule has 2 aromatic carbocycles. The van der Waals surface area contributed by atoms with E-state index in [0.717, 1.165) is 28.3 Å². The van der Waals surface area contributed by atoms with Gasteiger partial charge in [-0.2, -0.15) is 5.10 Å². The van der Waals surface area contributed by atoms with E-state index in [2.05, 4.69) is 15.5 Å². The van der Waals surface area contributed by atoms with Crippen LogP contribution in [0.4, 0.5) is 5.13 Å². The fourth-order valence-corrected chi connectivity index (χ4v) is 2.97. The summed E-state index contributed by atoms with van der Waals surface area (Å²) < 4.78 is 15.8. The lowest BCUT2D eigenvalue weighted by Crippen LogP contribution is -1.92. The average molecular weight is 369 g/mol. The van der Waals surface area contributed by atoms with E-state index in [-0.39, 0.29) is 0 Å². The molecule has 1 aromatic heterocycles. The monoisotopic (exact) mass is 369 g/mol. The molecular formula is C19H19N3O3S. The first-order valence-electron chi connectivity index (χ1n) is 7.84. The Kier molecular flexibility index (Phi) is 5.70. The van der Waals surface area contributed by atoms with Crippen LogP contribution < -0.4 is 19.6 Å². The molecule has 7 heteroatoms. The van der Waals surface area contributed by atoms with Gasteiger partial charge in [-0.15, -0.1) is 11.3 Å². The highest BCUT2D eigenvalue weighted by Gasteiger charge is 2.11. The van der Waals surface area contributed by atoms with Gasteiger partial charge in [-0.3, -0.25) is 5.43 Å². The van der Waals surface area contributed by atoms with Gasteiger partial charge in [-0.25, -0.2) is 4.98 Å². The number of nitrogens with one attached hydrogen (secondary N) is 1. The Bertz CT molecular complexity index is 891. The van der Waals surface area contributed by atoms with Crippen LogP contribution in [0.15, 0.2) is 52.9 Å². The summed E-state index contributed by atoms with van der Waals surface area (Å²) in [4.78, 5) is 4.56. The van der Waals surface area contributed by atoms with Crippen LogP contribution in [0.5, 0.6) is 17.2 Å². The Labute approximate surface area is 156 Å². The molecule has 1 N–H and O–H groups in total. The van der Waals surface area contributed by atoms with E-state index in [9.17, 15) is 0 Å². The molecule has 0 radical (unpaired) electrons. The fourth-order valence-electron chi connectivity index (χ4n) is 2.31. The maximum Gasteiger partial charge on any atom is 0.203 e. The van der Waals surface area contributed by atoms with E-state index < -0.39 is 0 Å². The van der Waals surface area contributed by atoms with Gasteiger partial charge >= 0.3 is 0 Å². The second kappa shape index (κ2) is 8.35. The fraction of sp³-hybridized carbons (Fsp3) is 0.158. The van der Waals surface area contributed by atoms with E-state index in [1.807, 2.05) is 47.8 Å². The molecule has 26 heavy (non-hydrogen) atoms. The van der Waals surface area contributed by atoms with Crippen LogP contribution >= 0.6 is 11.3 Å². The number of anilines is 1. The van der Waals surface area contributed by atoms with Gasteiger partial charge in [0.25, 0.3) is 0 Å². The number of nitrogens with zero attached hydrogens (tertiary/aromatic N) is 2. The number of hydrogen-bond acceptors (Lipinski definition) is 7. The highest BCUT2D eigenvalue weighted by Crippen LogP contribution is 2.34. The molecule has 0 saturated heterocycles. The third kappa shape index (κ3) is 4.12. The van der Waals surface area contributed by atoms with Crippen molar-refractivity contribution in [2.45, 2.75) is 0 Å². The number of thiazole rings is 1. The molecule has 0 saturated carbocycles. The van der Waals surface area contributed by atoms with Gasteiger partial charge in [-0.05, 0) is 42.0 Å². The molecular weight excluding hydrogens is 350 g/mol. The van der Waals surface area contributed by atoms with Gasteiger partial charge in [0.2, 0.25) is 5.13 Å². The summed E-state index contributed by atoms with van der Waals surface area (Å²) in [6.45, 7) is 0.